The van der Waals surface area contributed by atoms with Crippen molar-refractivity contribution in [2.75, 3.05) is 5.32 Å². The lowest BCUT2D eigenvalue weighted by molar-refractivity contribution is -0.124. The molecule has 1 aromatic heterocycles. The fourth-order valence-electron chi connectivity index (χ4n) is 5.31. The summed E-state index contributed by atoms with van der Waals surface area (Å²) in [5, 5.41) is 14.4. The largest absolute Gasteiger partial charge is 0.478 e. The normalized spacial score (nSPS) is 23.0. The number of benzene rings is 1. The number of nitrogens with one attached hydrogen (secondary N) is 2. The van der Waals surface area contributed by atoms with Crippen LogP contribution in [0.25, 0.3) is 0 Å². The van der Waals surface area contributed by atoms with Gasteiger partial charge in [0.1, 0.15) is 18.0 Å². The van der Waals surface area contributed by atoms with E-state index in [0.29, 0.717) is 6.42 Å². The number of aromatic carboxylic acids is 1. The summed E-state index contributed by atoms with van der Waals surface area (Å²) in [7, 11) is 0. The molecule has 190 valence electrons. The molecule has 0 spiro atoms. The maximum absolute atomic E-state index is 14.2. The Hall–Kier alpha value is -2.78. The number of nitrogens with zero attached hydrogens (tertiary/aromatic N) is 3. The van der Waals surface area contributed by atoms with Crippen LogP contribution in [0.15, 0.2) is 30.9 Å². The van der Waals surface area contributed by atoms with E-state index in [9.17, 15) is 19.1 Å². The number of carboxylic acids is 1. The minimum absolute atomic E-state index is 0.0191. The molecule has 1 amide bonds. The number of anilines is 1. The first-order chi connectivity index (χ1) is 16.9. The summed E-state index contributed by atoms with van der Waals surface area (Å²) in [5.74, 6) is -2.11. The van der Waals surface area contributed by atoms with Crippen LogP contribution in [0, 0.1) is 12.7 Å². The minimum atomic E-state index is -1.21. The van der Waals surface area contributed by atoms with Crippen molar-refractivity contribution in [1.29, 1.82) is 0 Å². The molecular formula is C26H36FN5O3. The molecule has 1 aromatic carbocycles. The number of carbonyl (C=O) groups excluding carboxylic acids is 1. The molecule has 9 heteroatoms. The summed E-state index contributed by atoms with van der Waals surface area (Å²) in [4.78, 5) is 29.2. The van der Waals surface area contributed by atoms with Gasteiger partial charge in [0.05, 0.1) is 17.6 Å². The smallest absolute Gasteiger partial charge is 0.337 e. The number of hydrazine groups is 1. The Balaban J connectivity index is 1.53. The van der Waals surface area contributed by atoms with E-state index in [1.807, 2.05) is 12.5 Å². The summed E-state index contributed by atoms with van der Waals surface area (Å²) < 4.78 is 16.3. The van der Waals surface area contributed by atoms with Gasteiger partial charge in [0.2, 0.25) is 5.91 Å². The molecule has 2 aliphatic rings. The molecular weight excluding hydrogens is 449 g/mol. The number of halogens is 1. The van der Waals surface area contributed by atoms with Crippen LogP contribution in [0.3, 0.4) is 0 Å². The van der Waals surface area contributed by atoms with E-state index >= 15 is 0 Å². The number of amides is 1. The zero-order valence-corrected chi connectivity index (χ0v) is 20.4. The molecule has 2 heterocycles. The predicted octanol–water partition coefficient (Wildman–Crippen LogP) is 5.03. The number of hydrogen-bond acceptors (Lipinski definition) is 5. The highest BCUT2D eigenvalue weighted by atomic mass is 19.1. The molecule has 1 aliphatic heterocycles. The van der Waals surface area contributed by atoms with Gasteiger partial charge in [-0.2, -0.15) is 0 Å². The molecule has 0 radical (unpaired) electrons. The quantitative estimate of drug-likeness (QED) is 0.549. The van der Waals surface area contributed by atoms with Gasteiger partial charge in [-0.25, -0.2) is 24.6 Å². The average Bonchev–Trinajstić information content (AvgIpc) is 3.39. The lowest BCUT2D eigenvalue weighted by Gasteiger charge is -2.45. The molecule has 2 fully saturated rings. The van der Waals surface area contributed by atoms with Crippen LogP contribution >= 0.6 is 0 Å². The van der Waals surface area contributed by atoms with Gasteiger partial charge in [-0.3, -0.25) is 4.79 Å². The fourth-order valence-corrected chi connectivity index (χ4v) is 5.31. The standard InChI is InChI=1S/C26H36FN5O3/c1-18-15-20(26(34)35)23(16-21(18)27)29-25(33)22-11-12-24(31-14-13-28-17-31)32(30-22)19-9-7-5-3-2-4-6-8-10-19/h13-17,19,22,24,30H,2-12H2,1H3,(H,29,33)(H,34,35). The van der Waals surface area contributed by atoms with Gasteiger partial charge in [-0.05, 0) is 50.3 Å². The maximum atomic E-state index is 14.2. The van der Waals surface area contributed by atoms with Gasteiger partial charge < -0.3 is 15.0 Å². The second-order valence-corrected chi connectivity index (χ2v) is 9.80. The summed E-state index contributed by atoms with van der Waals surface area (Å²) in [6.07, 6.45) is 17.6. The van der Waals surface area contributed by atoms with Gasteiger partial charge in [-0.15, -0.1) is 0 Å². The van der Waals surface area contributed by atoms with Crippen molar-refractivity contribution in [2.24, 2.45) is 0 Å². The Morgan fingerprint density at radius 2 is 1.74 bits per heavy atom. The van der Waals surface area contributed by atoms with Gasteiger partial charge in [0.25, 0.3) is 0 Å². The summed E-state index contributed by atoms with van der Waals surface area (Å²) >= 11 is 0. The maximum Gasteiger partial charge on any atom is 0.337 e. The van der Waals surface area contributed by atoms with E-state index in [4.69, 9.17) is 0 Å². The Kier molecular flexibility index (Phi) is 8.51. The predicted molar refractivity (Wildman–Crippen MR) is 131 cm³/mol. The van der Waals surface area contributed by atoms with Crippen molar-refractivity contribution in [3.8, 4) is 0 Å². The van der Waals surface area contributed by atoms with Crippen molar-refractivity contribution >= 4 is 17.6 Å². The number of carbonyl (C=O) groups is 2. The first-order valence-electron chi connectivity index (χ1n) is 12.8. The van der Waals surface area contributed by atoms with Gasteiger partial charge in [0, 0.05) is 18.4 Å². The third-order valence-electron chi connectivity index (χ3n) is 7.28. The van der Waals surface area contributed by atoms with Crippen molar-refractivity contribution in [1.82, 2.24) is 20.0 Å². The highest BCUT2D eigenvalue weighted by Crippen LogP contribution is 2.31. The minimum Gasteiger partial charge on any atom is -0.478 e. The summed E-state index contributed by atoms with van der Waals surface area (Å²) in [5.41, 5.74) is 3.56. The van der Waals surface area contributed by atoms with Crippen LogP contribution in [0.2, 0.25) is 0 Å². The molecule has 2 aromatic rings. The van der Waals surface area contributed by atoms with Crippen LogP contribution in [0.5, 0.6) is 0 Å². The Morgan fingerprint density at radius 3 is 2.37 bits per heavy atom. The van der Waals surface area contributed by atoms with E-state index in [2.05, 4.69) is 25.3 Å². The number of rotatable bonds is 5. The SMILES string of the molecule is Cc1cc(C(=O)O)c(NC(=O)C2CCC(n3ccnc3)N(C3CCCCCCCCC3)N2)cc1F. The molecule has 1 saturated carbocycles. The van der Waals surface area contributed by atoms with Crippen molar-refractivity contribution in [3.63, 3.8) is 0 Å². The highest BCUT2D eigenvalue weighted by Gasteiger charge is 2.36. The summed E-state index contributed by atoms with van der Waals surface area (Å²) in [6.45, 7) is 1.50. The third kappa shape index (κ3) is 6.27. The van der Waals surface area contributed by atoms with E-state index in [0.717, 1.165) is 38.2 Å². The van der Waals surface area contributed by atoms with Crippen LogP contribution in [0.4, 0.5) is 10.1 Å². The van der Waals surface area contributed by atoms with Crippen LogP contribution in [0.1, 0.15) is 92.7 Å². The molecule has 2 unspecified atom stereocenters. The van der Waals surface area contributed by atoms with Gasteiger partial charge >= 0.3 is 5.97 Å². The molecule has 1 saturated heterocycles. The van der Waals surface area contributed by atoms with Crippen molar-refractivity contribution in [2.45, 2.75) is 95.8 Å². The van der Waals surface area contributed by atoms with Crippen molar-refractivity contribution < 1.29 is 19.1 Å². The molecule has 35 heavy (non-hydrogen) atoms. The monoisotopic (exact) mass is 485 g/mol. The lowest BCUT2D eigenvalue weighted by Crippen LogP contribution is -2.59. The topological polar surface area (TPSA) is 99.5 Å². The number of aromatic nitrogens is 2. The van der Waals surface area contributed by atoms with E-state index < -0.39 is 17.8 Å². The highest BCUT2D eigenvalue weighted by molar-refractivity contribution is 6.02. The first-order valence-corrected chi connectivity index (χ1v) is 12.8. The third-order valence-corrected chi connectivity index (χ3v) is 7.28. The van der Waals surface area contributed by atoms with Crippen LogP contribution in [-0.4, -0.2) is 43.6 Å². The van der Waals surface area contributed by atoms with E-state index in [-0.39, 0.29) is 34.9 Å². The zero-order chi connectivity index (χ0) is 24.8. The van der Waals surface area contributed by atoms with E-state index in [1.165, 1.54) is 45.1 Å². The number of hydrogen-bond donors (Lipinski definition) is 3. The Morgan fingerprint density at radius 1 is 1.06 bits per heavy atom. The molecule has 8 nitrogen and oxygen atoms in total. The van der Waals surface area contributed by atoms with Gasteiger partial charge in [-0.1, -0.05) is 44.9 Å². The molecule has 2 atom stereocenters. The van der Waals surface area contributed by atoms with Crippen LogP contribution < -0.4 is 10.7 Å². The Bertz CT molecular complexity index is 1000. The molecule has 1 aliphatic carbocycles. The zero-order valence-electron chi connectivity index (χ0n) is 20.4. The molecule has 3 N–H and O–H groups in total. The molecule has 4 rings (SSSR count). The second kappa shape index (κ2) is 11.8. The van der Waals surface area contributed by atoms with E-state index in [1.54, 1.807) is 6.20 Å². The number of aryl methyl sites for hydroxylation is 1. The average molecular weight is 486 g/mol. The van der Waals surface area contributed by atoms with Crippen LogP contribution in [-0.2, 0) is 4.79 Å². The fraction of sp³-hybridized carbons (Fsp3) is 0.577. The lowest BCUT2D eigenvalue weighted by atomic mass is 9.95. The van der Waals surface area contributed by atoms with Crippen molar-refractivity contribution in [3.05, 3.63) is 47.8 Å². The molecule has 0 bridgehead atoms. The first kappa shape index (κ1) is 25.3. The van der Waals surface area contributed by atoms with Gasteiger partial charge in [0.15, 0.2) is 0 Å². The summed E-state index contributed by atoms with van der Waals surface area (Å²) in [6, 6.07) is 2.08. The Labute approximate surface area is 205 Å². The second-order valence-electron chi connectivity index (χ2n) is 9.80. The number of imidazole rings is 1. The number of carboxylic acid groups (broad SMARTS) is 1.